The normalized spacial score (nSPS) is 15.6. The highest BCUT2D eigenvalue weighted by Crippen LogP contribution is 2.23. The van der Waals surface area contributed by atoms with Crippen molar-refractivity contribution < 1.29 is 14.3 Å². The van der Waals surface area contributed by atoms with Crippen molar-refractivity contribution in [3.05, 3.63) is 22.8 Å². The minimum atomic E-state index is -0.404. The van der Waals surface area contributed by atoms with Crippen molar-refractivity contribution in [1.82, 2.24) is 15.3 Å². The highest BCUT2D eigenvalue weighted by Gasteiger charge is 2.25. The first kappa shape index (κ1) is 14.9. The maximum absolute atomic E-state index is 11.9. The molecule has 0 bridgehead atoms. The molecular weight excluding hydrogens is 258 g/mol. The van der Waals surface area contributed by atoms with Crippen LogP contribution in [0.4, 0.5) is 0 Å². The van der Waals surface area contributed by atoms with Crippen molar-refractivity contribution in [3.8, 4) is 0 Å². The number of hydrogen-bond acceptors (Lipinski definition) is 6. The summed E-state index contributed by atoms with van der Waals surface area (Å²) in [5, 5.41) is 3.26. The first-order valence-electron chi connectivity index (χ1n) is 7.01. The number of fused-ring (bicyclic) bond motifs is 1. The zero-order chi connectivity index (χ0) is 14.5. The first-order valence-corrected chi connectivity index (χ1v) is 7.01. The third kappa shape index (κ3) is 2.96. The Morgan fingerprint density at radius 3 is 2.85 bits per heavy atom. The smallest absolute Gasteiger partial charge is 0.357 e. The first-order chi connectivity index (χ1) is 9.71. The molecule has 6 nitrogen and oxygen atoms in total. The second-order valence-electron chi connectivity index (χ2n) is 4.63. The zero-order valence-corrected chi connectivity index (χ0v) is 12.2. The SMILES string of the molecule is CCOC(CC)c1nc2c(c(C(=O)OC)n1)CCNC2. The fourth-order valence-corrected chi connectivity index (χ4v) is 2.36. The van der Waals surface area contributed by atoms with Crippen molar-refractivity contribution in [3.63, 3.8) is 0 Å². The molecule has 0 amide bonds. The molecule has 2 heterocycles. The number of carbonyl (C=O) groups is 1. The van der Waals surface area contributed by atoms with Crippen molar-refractivity contribution in [2.75, 3.05) is 20.3 Å². The van der Waals surface area contributed by atoms with Gasteiger partial charge in [0.05, 0.1) is 12.8 Å². The minimum absolute atomic E-state index is 0.185. The molecule has 0 fully saturated rings. The summed E-state index contributed by atoms with van der Waals surface area (Å²) in [6, 6.07) is 0. The predicted octanol–water partition coefficient (Wildman–Crippen LogP) is 1.40. The quantitative estimate of drug-likeness (QED) is 0.821. The lowest BCUT2D eigenvalue weighted by Crippen LogP contribution is -2.29. The summed E-state index contributed by atoms with van der Waals surface area (Å²) in [5.41, 5.74) is 2.15. The highest BCUT2D eigenvalue weighted by atomic mass is 16.5. The Morgan fingerprint density at radius 1 is 1.40 bits per heavy atom. The van der Waals surface area contributed by atoms with Gasteiger partial charge >= 0.3 is 5.97 Å². The standard InChI is InChI=1S/C14H21N3O3/c1-4-11(20-5-2)13-16-10-8-15-7-6-9(10)12(17-13)14(18)19-3/h11,15H,4-8H2,1-3H3. The number of nitrogens with one attached hydrogen (secondary N) is 1. The Kier molecular flexibility index (Phi) is 5.03. The second-order valence-corrected chi connectivity index (χ2v) is 4.63. The van der Waals surface area contributed by atoms with E-state index in [9.17, 15) is 4.79 Å². The number of methoxy groups -OCH3 is 1. The van der Waals surface area contributed by atoms with Crippen LogP contribution in [-0.2, 0) is 22.4 Å². The van der Waals surface area contributed by atoms with E-state index in [1.165, 1.54) is 7.11 Å². The van der Waals surface area contributed by atoms with Gasteiger partial charge in [-0.25, -0.2) is 14.8 Å². The van der Waals surface area contributed by atoms with Gasteiger partial charge in [-0.1, -0.05) is 6.92 Å². The summed E-state index contributed by atoms with van der Waals surface area (Å²) in [5.74, 6) is 0.162. The summed E-state index contributed by atoms with van der Waals surface area (Å²) in [4.78, 5) is 20.9. The number of carbonyl (C=O) groups excluding carboxylic acids is 1. The number of nitrogens with zero attached hydrogens (tertiary/aromatic N) is 2. The monoisotopic (exact) mass is 279 g/mol. The van der Waals surface area contributed by atoms with Crippen LogP contribution in [0.1, 0.15) is 53.9 Å². The average Bonchev–Trinajstić information content (AvgIpc) is 2.50. The van der Waals surface area contributed by atoms with Crippen LogP contribution in [0, 0.1) is 0 Å². The Morgan fingerprint density at radius 2 is 2.20 bits per heavy atom. The topological polar surface area (TPSA) is 73.3 Å². The second kappa shape index (κ2) is 6.76. The Hall–Kier alpha value is -1.53. The molecule has 0 radical (unpaired) electrons. The number of ether oxygens (including phenoxy) is 2. The molecule has 0 saturated carbocycles. The van der Waals surface area contributed by atoms with E-state index >= 15 is 0 Å². The molecule has 1 atom stereocenters. The van der Waals surface area contributed by atoms with Crippen molar-refractivity contribution >= 4 is 5.97 Å². The van der Waals surface area contributed by atoms with Crippen LogP contribution < -0.4 is 5.32 Å². The molecule has 0 saturated heterocycles. The van der Waals surface area contributed by atoms with E-state index in [1.807, 2.05) is 13.8 Å². The summed E-state index contributed by atoms with van der Waals surface area (Å²) in [7, 11) is 1.37. The molecule has 1 N–H and O–H groups in total. The Balaban J connectivity index is 2.46. The maximum atomic E-state index is 11.9. The van der Waals surface area contributed by atoms with Crippen LogP contribution in [0.25, 0.3) is 0 Å². The molecule has 1 aliphatic rings. The van der Waals surface area contributed by atoms with Gasteiger partial charge < -0.3 is 14.8 Å². The largest absolute Gasteiger partial charge is 0.464 e. The highest BCUT2D eigenvalue weighted by molar-refractivity contribution is 5.89. The van der Waals surface area contributed by atoms with Gasteiger partial charge in [0.1, 0.15) is 6.10 Å². The lowest BCUT2D eigenvalue weighted by atomic mass is 10.0. The van der Waals surface area contributed by atoms with Crippen LogP contribution in [0.3, 0.4) is 0 Å². The fraction of sp³-hybridized carbons (Fsp3) is 0.643. The number of aromatic nitrogens is 2. The minimum Gasteiger partial charge on any atom is -0.464 e. The fourth-order valence-electron chi connectivity index (χ4n) is 2.36. The van der Waals surface area contributed by atoms with Crippen molar-refractivity contribution in [2.45, 2.75) is 39.3 Å². The van der Waals surface area contributed by atoms with Crippen LogP contribution in [-0.4, -0.2) is 36.2 Å². The van der Waals surface area contributed by atoms with Gasteiger partial charge in [0.15, 0.2) is 11.5 Å². The number of hydrogen-bond donors (Lipinski definition) is 1. The van der Waals surface area contributed by atoms with E-state index in [-0.39, 0.29) is 6.10 Å². The predicted molar refractivity (Wildman–Crippen MR) is 73.4 cm³/mol. The van der Waals surface area contributed by atoms with Gasteiger partial charge in [0, 0.05) is 18.7 Å². The van der Waals surface area contributed by atoms with Gasteiger partial charge in [0.25, 0.3) is 0 Å². The third-order valence-corrected chi connectivity index (χ3v) is 3.36. The number of esters is 1. The van der Waals surface area contributed by atoms with E-state index in [0.717, 1.165) is 30.6 Å². The molecule has 1 aromatic rings. The number of rotatable bonds is 5. The summed E-state index contributed by atoms with van der Waals surface area (Å²) < 4.78 is 10.5. The van der Waals surface area contributed by atoms with Crippen LogP contribution in [0.15, 0.2) is 0 Å². The molecule has 1 aromatic heterocycles. The molecule has 1 aliphatic heterocycles. The van der Waals surface area contributed by atoms with E-state index in [4.69, 9.17) is 9.47 Å². The molecule has 2 rings (SSSR count). The van der Waals surface area contributed by atoms with Crippen LogP contribution in [0.2, 0.25) is 0 Å². The van der Waals surface area contributed by atoms with E-state index < -0.39 is 5.97 Å². The Labute approximate surface area is 118 Å². The van der Waals surface area contributed by atoms with Gasteiger partial charge in [-0.05, 0) is 26.3 Å². The van der Waals surface area contributed by atoms with Gasteiger partial charge in [-0.3, -0.25) is 0 Å². The van der Waals surface area contributed by atoms with E-state index in [0.29, 0.717) is 24.7 Å². The summed E-state index contributed by atoms with van der Waals surface area (Å²) in [6.07, 6.45) is 1.32. The van der Waals surface area contributed by atoms with E-state index in [2.05, 4.69) is 15.3 Å². The maximum Gasteiger partial charge on any atom is 0.357 e. The molecule has 0 aliphatic carbocycles. The van der Waals surface area contributed by atoms with Crippen molar-refractivity contribution in [1.29, 1.82) is 0 Å². The molecule has 20 heavy (non-hydrogen) atoms. The molecule has 110 valence electrons. The zero-order valence-electron chi connectivity index (χ0n) is 12.2. The molecular formula is C14H21N3O3. The lowest BCUT2D eigenvalue weighted by molar-refractivity contribution is 0.0514. The summed E-state index contributed by atoms with van der Waals surface area (Å²) >= 11 is 0. The van der Waals surface area contributed by atoms with Crippen molar-refractivity contribution in [2.24, 2.45) is 0 Å². The van der Waals surface area contributed by atoms with Crippen LogP contribution in [0.5, 0.6) is 0 Å². The van der Waals surface area contributed by atoms with Gasteiger partial charge in [-0.2, -0.15) is 0 Å². The van der Waals surface area contributed by atoms with Gasteiger partial charge in [-0.15, -0.1) is 0 Å². The van der Waals surface area contributed by atoms with Gasteiger partial charge in [0.2, 0.25) is 0 Å². The lowest BCUT2D eigenvalue weighted by Gasteiger charge is -2.21. The average molecular weight is 279 g/mol. The van der Waals surface area contributed by atoms with E-state index in [1.54, 1.807) is 0 Å². The molecule has 0 spiro atoms. The third-order valence-electron chi connectivity index (χ3n) is 3.36. The Bertz CT molecular complexity index is 491. The molecule has 0 aromatic carbocycles. The molecule has 1 unspecified atom stereocenters. The van der Waals surface area contributed by atoms with Crippen LogP contribution >= 0.6 is 0 Å². The molecule has 6 heteroatoms. The summed E-state index contributed by atoms with van der Waals surface area (Å²) in [6.45, 7) is 6.01.